The Labute approximate surface area is 169 Å². The average Bonchev–Trinajstić information content (AvgIpc) is 2.58. The largest absolute Gasteiger partial charge is 0.378 e. The van der Waals surface area contributed by atoms with Crippen LogP contribution in [0.3, 0.4) is 0 Å². The van der Waals surface area contributed by atoms with E-state index < -0.39 is 6.04 Å². The van der Waals surface area contributed by atoms with Crippen molar-refractivity contribution in [1.82, 2.24) is 10.6 Å². The molecule has 0 aliphatic rings. The van der Waals surface area contributed by atoms with Gasteiger partial charge in [-0.1, -0.05) is 20.4 Å². The van der Waals surface area contributed by atoms with Crippen molar-refractivity contribution in [1.29, 1.82) is 0 Å². The number of amides is 1. The third-order valence-electron chi connectivity index (χ3n) is 3.89. The summed E-state index contributed by atoms with van der Waals surface area (Å²) >= 11 is 0. The predicted molar refractivity (Wildman–Crippen MR) is 110 cm³/mol. The van der Waals surface area contributed by atoms with Crippen LogP contribution in [0.5, 0.6) is 0 Å². The second-order valence-electron chi connectivity index (χ2n) is 8.26. The van der Waals surface area contributed by atoms with Gasteiger partial charge in [0.2, 0.25) is 5.91 Å². The van der Waals surface area contributed by atoms with Crippen LogP contribution in [0.25, 0.3) is 0 Å². The van der Waals surface area contributed by atoms with Crippen LogP contribution in [0.1, 0.15) is 54.4 Å². The van der Waals surface area contributed by atoms with Crippen LogP contribution in [-0.2, 0) is 23.9 Å². The summed E-state index contributed by atoms with van der Waals surface area (Å²) in [6.45, 7) is 16.9. The summed E-state index contributed by atoms with van der Waals surface area (Å²) in [5.41, 5.74) is 0.500. The lowest BCUT2D eigenvalue weighted by Gasteiger charge is -2.20. The third kappa shape index (κ3) is 13.6. The molecule has 0 aromatic rings. The zero-order valence-corrected chi connectivity index (χ0v) is 18.4. The second kappa shape index (κ2) is 13.6. The first-order chi connectivity index (χ1) is 12.9. The molecular formula is C21H38N2O5. The quantitative estimate of drug-likeness (QED) is 0.324. The maximum absolute atomic E-state index is 12.3. The lowest BCUT2D eigenvalue weighted by Crippen LogP contribution is -2.44. The Bertz CT molecular complexity index is 523. The maximum atomic E-state index is 12.3. The molecule has 0 fully saturated rings. The van der Waals surface area contributed by atoms with Gasteiger partial charge in [-0.05, 0) is 39.7 Å². The summed E-state index contributed by atoms with van der Waals surface area (Å²) in [5, 5.41) is 5.98. The number of hydrogen-bond donors (Lipinski definition) is 2. The molecule has 0 aromatic carbocycles. The van der Waals surface area contributed by atoms with Crippen LogP contribution >= 0.6 is 0 Å². The van der Waals surface area contributed by atoms with Gasteiger partial charge in [0.15, 0.2) is 11.6 Å². The molecule has 0 bridgehead atoms. The van der Waals surface area contributed by atoms with Gasteiger partial charge in [0.1, 0.15) is 6.61 Å². The van der Waals surface area contributed by atoms with Gasteiger partial charge in [-0.15, -0.1) is 0 Å². The molecule has 0 aromatic heterocycles. The summed E-state index contributed by atoms with van der Waals surface area (Å²) < 4.78 is 10.7. The summed E-state index contributed by atoms with van der Waals surface area (Å²) in [5.74, 6) is -0.819. The minimum atomic E-state index is -0.695. The number of carbonyl (C=O) groups is 3. The van der Waals surface area contributed by atoms with E-state index in [-0.39, 0.29) is 48.4 Å². The Kier molecular flexibility index (Phi) is 12.8. The lowest BCUT2D eigenvalue weighted by atomic mass is 9.96. The van der Waals surface area contributed by atoms with Crippen LogP contribution in [-0.4, -0.2) is 62.0 Å². The minimum Gasteiger partial charge on any atom is -0.378 e. The van der Waals surface area contributed by atoms with E-state index in [0.717, 1.165) is 6.54 Å². The van der Waals surface area contributed by atoms with E-state index >= 15 is 0 Å². The SMILES string of the molecule is C=C(C)C(=O)CCC(NC(=O)COCCOCCNC(C)(C)C)C(=O)C(C)C. The average molecular weight is 399 g/mol. The number of rotatable bonds is 15. The summed E-state index contributed by atoms with van der Waals surface area (Å²) in [6, 6.07) is -0.695. The third-order valence-corrected chi connectivity index (χ3v) is 3.89. The van der Waals surface area contributed by atoms with Gasteiger partial charge in [-0.2, -0.15) is 0 Å². The highest BCUT2D eigenvalue weighted by atomic mass is 16.5. The molecular weight excluding hydrogens is 360 g/mol. The van der Waals surface area contributed by atoms with Crippen LogP contribution in [0.15, 0.2) is 12.2 Å². The van der Waals surface area contributed by atoms with Gasteiger partial charge in [0.25, 0.3) is 0 Å². The number of hydrogen-bond acceptors (Lipinski definition) is 6. The van der Waals surface area contributed by atoms with E-state index in [9.17, 15) is 14.4 Å². The van der Waals surface area contributed by atoms with Crippen molar-refractivity contribution in [3.8, 4) is 0 Å². The minimum absolute atomic E-state index is 0.0525. The highest BCUT2D eigenvalue weighted by Crippen LogP contribution is 2.09. The molecule has 0 spiro atoms. The fourth-order valence-corrected chi connectivity index (χ4v) is 2.30. The molecule has 28 heavy (non-hydrogen) atoms. The molecule has 1 unspecified atom stereocenters. The topological polar surface area (TPSA) is 93.7 Å². The van der Waals surface area contributed by atoms with Crippen molar-refractivity contribution in [2.45, 2.75) is 66.0 Å². The Morgan fingerprint density at radius 2 is 1.64 bits per heavy atom. The first-order valence-corrected chi connectivity index (χ1v) is 9.86. The second-order valence-corrected chi connectivity index (χ2v) is 8.26. The van der Waals surface area contributed by atoms with E-state index in [1.165, 1.54) is 0 Å². The normalized spacial score (nSPS) is 12.7. The molecule has 7 heteroatoms. The molecule has 1 atom stereocenters. The van der Waals surface area contributed by atoms with Crippen molar-refractivity contribution >= 4 is 17.5 Å². The standard InChI is InChI=1S/C21H38N2O5/c1-15(2)18(24)9-8-17(20(26)16(3)4)23-19(25)14-28-13-12-27-11-10-22-21(5,6)7/h16-17,22H,1,8-14H2,2-7H3,(H,23,25). The van der Waals surface area contributed by atoms with Crippen molar-refractivity contribution in [2.75, 3.05) is 33.0 Å². The van der Waals surface area contributed by atoms with Crippen LogP contribution in [0, 0.1) is 5.92 Å². The predicted octanol–water partition coefficient (Wildman–Crippen LogP) is 2.04. The number of ether oxygens (including phenoxy) is 2. The number of carbonyl (C=O) groups excluding carboxylic acids is 3. The number of ketones is 2. The first-order valence-electron chi connectivity index (χ1n) is 9.86. The smallest absolute Gasteiger partial charge is 0.246 e. The van der Waals surface area contributed by atoms with Crippen LogP contribution in [0.2, 0.25) is 0 Å². The Balaban J connectivity index is 4.15. The molecule has 0 radical (unpaired) electrons. The molecule has 0 heterocycles. The molecule has 0 saturated heterocycles. The van der Waals surface area contributed by atoms with E-state index in [4.69, 9.17) is 9.47 Å². The Hall–Kier alpha value is -1.57. The lowest BCUT2D eigenvalue weighted by molar-refractivity contribution is -0.132. The van der Waals surface area contributed by atoms with Gasteiger partial charge < -0.3 is 20.1 Å². The molecule has 0 saturated carbocycles. The van der Waals surface area contributed by atoms with Crippen molar-refractivity contribution in [2.24, 2.45) is 5.92 Å². The fourth-order valence-electron chi connectivity index (χ4n) is 2.30. The van der Waals surface area contributed by atoms with Crippen molar-refractivity contribution in [3.63, 3.8) is 0 Å². The monoisotopic (exact) mass is 398 g/mol. The molecule has 1 amide bonds. The molecule has 0 aliphatic heterocycles. The number of nitrogens with one attached hydrogen (secondary N) is 2. The van der Waals surface area contributed by atoms with Gasteiger partial charge in [-0.25, -0.2) is 0 Å². The maximum Gasteiger partial charge on any atom is 0.246 e. The number of allylic oxidation sites excluding steroid dienone is 1. The zero-order valence-electron chi connectivity index (χ0n) is 18.4. The van der Waals surface area contributed by atoms with Gasteiger partial charge in [0, 0.05) is 24.4 Å². The molecule has 2 N–H and O–H groups in total. The summed E-state index contributed by atoms with van der Waals surface area (Å²) in [6.07, 6.45) is 0.439. The van der Waals surface area contributed by atoms with Gasteiger partial charge in [0.05, 0.1) is 25.9 Å². The fraction of sp³-hybridized carbons (Fsp3) is 0.762. The molecule has 0 aliphatic carbocycles. The van der Waals surface area contributed by atoms with Crippen molar-refractivity contribution in [3.05, 3.63) is 12.2 Å². The van der Waals surface area contributed by atoms with E-state index in [1.807, 2.05) is 0 Å². The molecule has 162 valence electrons. The Morgan fingerprint density at radius 3 is 2.18 bits per heavy atom. The first kappa shape index (κ1) is 26.4. The number of Topliss-reactive ketones (excluding diaryl/α,β-unsaturated/α-hetero) is 2. The summed E-state index contributed by atoms with van der Waals surface area (Å²) in [4.78, 5) is 36.1. The van der Waals surface area contributed by atoms with Gasteiger partial charge >= 0.3 is 0 Å². The van der Waals surface area contributed by atoms with Crippen LogP contribution in [0.4, 0.5) is 0 Å². The van der Waals surface area contributed by atoms with E-state index in [2.05, 4.69) is 38.0 Å². The van der Waals surface area contributed by atoms with Crippen LogP contribution < -0.4 is 10.6 Å². The summed E-state index contributed by atoms with van der Waals surface area (Å²) in [7, 11) is 0. The van der Waals surface area contributed by atoms with Gasteiger partial charge in [-0.3, -0.25) is 14.4 Å². The van der Waals surface area contributed by atoms with E-state index in [0.29, 0.717) is 25.4 Å². The highest BCUT2D eigenvalue weighted by Gasteiger charge is 2.24. The highest BCUT2D eigenvalue weighted by molar-refractivity contribution is 5.95. The van der Waals surface area contributed by atoms with Crippen molar-refractivity contribution < 1.29 is 23.9 Å². The molecule has 0 rings (SSSR count). The molecule has 7 nitrogen and oxygen atoms in total. The Morgan fingerprint density at radius 1 is 1.04 bits per heavy atom. The van der Waals surface area contributed by atoms with E-state index in [1.54, 1.807) is 20.8 Å². The zero-order chi connectivity index (χ0) is 21.7.